The summed E-state index contributed by atoms with van der Waals surface area (Å²) in [7, 11) is 4.99. The molecule has 0 aromatic carbocycles. The topological polar surface area (TPSA) is 60.9 Å². The Bertz CT molecular complexity index is 506. The lowest BCUT2D eigenvalue weighted by molar-refractivity contribution is -0.161. The van der Waals surface area contributed by atoms with E-state index in [9.17, 15) is 4.79 Å². The predicted octanol–water partition coefficient (Wildman–Crippen LogP) is 0.982. The minimum Gasteiger partial charge on any atom is -0.376 e. The number of carbonyl (C=O) groups is 1. The number of nitrogens with zero attached hydrogens (tertiary/aromatic N) is 2. The Balaban J connectivity index is 2.04. The van der Waals surface area contributed by atoms with Crippen molar-refractivity contribution in [2.24, 2.45) is 0 Å². The Kier molecular flexibility index (Phi) is 6.06. The largest absolute Gasteiger partial charge is 0.376 e. The summed E-state index contributed by atoms with van der Waals surface area (Å²) in [5, 5.41) is 0. The maximum absolute atomic E-state index is 12.3. The minimum atomic E-state index is -0.209. The predicted molar refractivity (Wildman–Crippen MR) is 82.2 cm³/mol. The van der Waals surface area contributed by atoms with Crippen molar-refractivity contribution in [3.8, 4) is 0 Å². The fourth-order valence-corrected chi connectivity index (χ4v) is 2.51. The molecule has 0 N–H and O–H groups in total. The number of carbonyl (C=O) groups excluding carboxylic acids is 1. The number of rotatable bonds is 5. The first-order chi connectivity index (χ1) is 10.7. The lowest BCUT2D eigenvalue weighted by atomic mass is 10.0. The van der Waals surface area contributed by atoms with Gasteiger partial charge >= 0.3 is 0 Å². The molecule has 6 nitrogen and oxygen atoms in total. The summed E-state index contributed by atoms with van der Waals surface area (Å²) in [4.78, 5) is 18.0. The molecule has 0 radical (unpaired) electrons. The van der Waals surface area contributed by atoms with Crippen LogP contribution in [0, 0.1) is 0 Å². The molecule has 6 heteroatoms. The molecule has 1 fully saturated rings. The molecule has 2 heterocycles. The first kappa shape index (κ1) is 16.6. The lowest BCUT2D eigenvalue weighted by Crippen LogP contribution is -2.57. The van der Waals surface area contributed by atoms with Crippen molar-refractivity contribution in [1.29, 1.82) is 0 Å². The quantitative estimate of drug-likeness (QED) is 0.759. The van der Waals surface area contributed by atoms with Crippen molar-refractivity contribution in [3.63, 3.8) is 0 Å². The Hall–Kier alpha value is -1.76. The molecule has 0 spiro atoms. The molecule has 1 saturated heterocycles. The first-order valence-electron chi connectivity index (χ1n) is 7.15. The Morgan fingerprint density at radius 1 is 1.41 bits per heavy atom. The van der Waals surface area contributed by atoms with Crippen molar-refractivity contribution in [2.75, 3.05) is 34.5 Å². The molecule has 1 aliphatic heterocycles. The van der Waals surface area contributed by atoms with E-state index in [1.807, 2.05) is 12.1 Å². The van der Waals surface area contributed by atoms with Crippen LogP contribution in [0.25, 0.3) is 6.08 Å². The summed E-state index contributed by atoms with van der Waals surface area (Å²) in [5.41, 5.74) is 0.877. The average Bonchev–Trinajstić information content (AvgIpc) is 2.59. The van der Waals surface area contributed by atoms with Gasteiger partial charge in [0.2, 0.25) is 5.91 Å². The zero-order valence-corrected chi connectivity index (χ0v) is 13.1. The Morgan fingerprint density at radius 2 is 2.23 bits per heavy atom. The van der Waals surface area contributed by atoms with Crippen LogP contribution in [0.3, 0.4) is 0 Å². The second kappa shape index (κ2) is 8.03. The molecule has 1 aromatic rings. The highest BCUT2D eigenvalue weighted by molar-refractivity contribution is 5.91. The molecule has 0 unspecified atom stereocenters. The van der Waals surface area contributed by atoms with E-state index in [1.54, 1.807) is 44.6 Å². The van der Waals surface area contributed by atoms with Crippen LogP contribution in [0.15, 0.2) is 30.6 Å². The van der Waals surface area contributed by atoms with Gasteiger partial charge in [0.1, 0.15) is 12.2 Å². The third-order valence-electron chi connectivity index (χ3n) is 3.84. The average molecular weight is 306 g/mol. The number of amides is 1. The molecule has 120 valence electrons. The van der Waals surface area contributed by atoms with Crippen molar-refractivity contribution in [3.05, 3.63) is 36.2 Å². The number of pyridine rings is 1. The fraction of sp³-hybridized carbons (Fsp3) is 0.500. The standard InChI is InChI=1S/C16H22N2O4/c1-18(13-10-22-11-14(20-2)16(13)21-3)15(19)7-6-12-5-4-8-17-9-12/h4-9,13-14,16H,10-11H2,1-3H3/b7-6+/t13-,14-,16+/m1/s1. The van der Waals surface area contributed by atoms with E-state index < -0.39 is 0 Å². The Labute approximate surface area is 130 Å². The SMILES string of the molecule is CO[C@H]1[C@H](N(C)C(=O)/C=C/c2cccnc2)COC[C@H]1OC. The molecule has 3 atom stereocenters. The van der Waals surface area contributed by atoms with E-state index in [-0.39, 0.29) is 24.2 Å². The van der Waals surface area contributed by atoms with Gasteiger partial charge in [0.05, 0.1) is 19.3 Å². The summed E-state index contributed by atoms with van der Waals surface area (Å²) in [6.07, 6.45) is 6.27. The van der Waals surface area contributed by atoms with Gasteiger partial charge in [0, 0.05) is 39.7 Å². The summed E-state index contributed by atoms with van der Waals surface area (Å²) >= 11 is 0. The second-order valence-corrected chi connectivity index (χ2v) is 5.15. The van der Waals surface area contributed by atoms with E-state index in [0.717, 1.165) is 5.56 Å². The van der Waals surface area contributed by atoms with E-state index in [2.05, 4.69) is 4.98 Å². The molecule has 1 aliphatic rings. The number of methoxy groups -OCH3 is 2. The van der Waals surface area contributed by atoms with Crippen LogP contribution >= 0.6 is 0 Å². The maximum Gasteiger partial charge on any atom is 0.246 e. The summed E-state index contributed by atoms with van der Waals surface area (Å²) in [5.74, 6) is -0.115. The summed E-state index contributed by atoms with van der Waals surface area (Å²) in [6, 6.07) is 3.53. The van der Waals surface area contributed by atoms with Crippen LogP contribution in [0.5, 0.6) is 0 Å². The zero-order chi connectivity index (χ0) is 15.9. The monoisotopic (exact) mass is 306 g/mol. The molecule has 2 rings (SSSR count). The summed E-state index contributed by atoms with van der Waals surface area (Å²) < 4.78 is 16.4. The number of aromatic nitrogens is 1. The van der Waals surface area contributed by atoms with Gasteiger partial charge in [-0.3, -0.25) is 9.78 Å². The number of likely N-dealkylation sites (N-methyl/N-ethyl adjacent to an activating group) is 1. The molecular formula is C16H22N2O4. The highest BCUT2D eigenvalue weighted by Crippen LogP contribution is 2.19. The highest BCUT2D eigenvalue weighted by atomic mass is 16.6. The van der Waals surface area contributed by atoms with Gasteiger partial charge in [-0.1, -0.05) is 6.07 Å². The van der Waals surface area contributed by atoms with Gasteiger partial charge in [-0.05, 0) is 17.7 Å². The van der Waals surface area contributed by atoms with E-state index >= 15 is 0 Å². The van der Waals surface area contributed by atoms with Crippen LogP contribution in [0.2, 0.25) is 0 Å². The van der Waals surface area contributed by atoms with Crippen molar-refractivity contribution < 1.29 is 19.0 Å². The highest BCUT2D eigenvalue weighted by Gasteiger charge is 2.38. The van der Waals surface area contributed by atoms with E-state index in [0.29, 0.717) is 13.2 Å². The van der Waals surface area contributed by atoms with Crippen LogP contribution in [0.4, 0.5) is 0 Å². The fourth-order valence-electron chi connectivity index (χ4n) is 2.51. The van der Waals surface area contributed by atoms with Crippen LogP contribution in [-0.4, -0.2) is 68.5 Å². The second-order valence-electron chi connectivity index (χ2n) is 5.15. The van der Waals surface area contributed by atoms with E-state index in [1.165, 1.54) is 6.08 Å². The Morgan fingerprint density at radius 3 is 2.86 bits per heavy atom. The number of ether oxygens (including phenoxy) is 3. The van der Waals surface area contributed by atoms with Gasteiger partial charge in [-0.2, -0.15) is 0 Å². The number of hydrogen-bond donors (Lipinski definition) is 0. The van der Waals surface area contributed by atoms with Crippen molar-refractivity contribution in [1.82, 2.24) is 9.88 Å². The van der Waals surface area contributed by atoms with Gasteiger partial charge in [-0.15, -0.1) is 0 Å². The molecule has 1 aromatic heterocycles. The maximum atomic E-state index is 12.3. The van der Waals surface area contributed by atoms with Gasteiger partial charge in [0.25, 0.3) is 0 Å². The smallest absolute Gasteiger partial charge is 0.246 e. The lowest BCUT2D eigenvalue weighted by Gasteiger charge is -2.40. The summed E-state index contributed by atoms with van der Waals surface area (Å²) in [6.45, 7) is 0.903. The molecular weight excluding hydrogens is 284 g/mol. The van der Waals surface area contributed by atoms with E-state index in [4.69, 9.17) is 14.2 Å². The molecule has 22 heavy (non-hydrogen) atoms. The van der Waals surface area contributed by atoms with Crippen LogP contribution in [0.1, 0.15) is 5.56 Å². The van der Waals surface area contributed by atoms with Gasteiger partial charge in [0.15, 0.2) is 0 Å². The van der Waals surface area contributed by atoms with Crippen LogP contribution < -0.4 is 0 Å². The molecule has 0 aliphatic carbocycles. The first-order valence-corrected chi connectivity index (χ1v) is 7.15. The van der Waals surface area contributed by atoms with Crippen molar-refractivity contribution >= 4 is 12.0 Å². The number of hydrogen-bond acceptors (Lipinski definition) is 5. The molecule has 1 amide bonds. The molecule has 0 bridgehead atoms. The minimum absolute atomic E-state index is 0.115. The zero-order valence-electron chi connectivity index (χ0n) is 13.1. The normalized spacial score (nSPS) is 25.3. The van der Waals surface area contributed by atoms with Crippen molar-refractivity contribution in [2.45, 2.75) is 18.2 Å². The van der Waals surface area contributed by atoms with Gasteiger partial charge < -0.3 is 19.1 Å². The third-order valence-corrected chi connectivity index (χ3v) is 3.84. The van der Waals surface area contributed by atoms with Crippen LogP contribution in [-0.2, 0) is 19.0 Å². The molecule has 0 saturated carbocycles. The third kappa shape index (κ3) is 3.91. The van der Waals surface area contributed by atoms with Gasteiger partial charge in [-0.25, -0.2) is 0 Å².